The van der Waals surface area contributed by atoms with Gasteiger partial charge in [0.1, 0.15) is 5.65 Å². The lowest BCUT2D eigenvalue weighted by Crippen LogP contribution is -2.15. The molecule has 3 aromatic heterocycles. The van der Waals surface area contributed by atoms with E-state index in [0.717, 1.165) is 38.7 Å². The smallest absolute Gasteiger partial charge is 0.253 e. The van der Waals surface area contributed by atoms with Crippen LogP contribution in [0.3, 0.4) is 0 Å². The van der Waals surface area contributed by atoms with Gasteiger partial charge in [0.25, 0.3) is 5.56 Å². The van der Waals surface area contributed by atoms with Crippen LogP contribution in [0.5, 0.6) is 0 Å². The fraction of sp³-hybridized carbons (Fsp3) is 0.0357. The summed E-state index contributed by atoms with van der Waals surface area (Å²) in [5.41, 5.74) is 4.75. The second kappa shape index (κ2) is 9.18. The SMILES string of the molecule is O=c1[nH]c2nc(-c3ccccc3)c(-c3cc(Cl)c4[nH]ncc4c3)cc2cc1CS(=O)c1ccccc1. The first-order chi connectivity index (χ1) is 17.6. The van der Waals surface area contributed by atoms with Crippen molar-refractivity contribution in [2.45, 2.75) is 10.6 Å². The van der Waals surface area contributed by atoms with Crippen molar-refractivity contribution in [2.24, 2.45) is 0 Å². The van der Waals surface area contributed by atoms with Gasteiger partial charge in [-0.3, -0.25) is 14.1 Å². The highest BCUT2D eigenvalue weighted by molar-refractivity contribution is 7.84. The minimum atomic E-state index is -1.35. The van der Waals surface area contributed by atoms with Crippen LogP contribution in [0, 0.1) is 0 Å². The second-order valence-corrected chi connectivity index (χ2v) is 10.3. The third-order valence-corrected chi connectivity index (χ3v) is 7.73. The van der Waals surface area contributed by atoms with Gasteiger partial charge in [-0.1, -0.05) is 60.1 Å². The van der Waals surface area contributed by atoms with Gasteiger partial charge in [-0.2, -0.15) is 5.10 Å². The van der Waals surface area contributed by atoms with E-state index in [9.17, 15) is 9.00 Å². The lowest BCUT2D eigenvalue weighted by atomic mass is 9.97. The van der Waals surface area contributed by atoms with E-state index in [1.54, 1.807) is 24.4 Å². The molecular weight excluding hydrogens is 492 g/mol. The Bertz CT molecular complexity index is 1810. The van der Waals surface area contributed by atoms with Crippen molar-refractivity contribution in [3.05, 3.63) is 112 Å². The van der Waals surface area contributed by atoms with Crippen molar-refractivity contribution >= 4 is 44.3 Å². The van der Waals surface area contributed by atoms with Gasteiger partial charge in [-0.25, -0.2) is 4.98 Å². The molecule has 0 saturated carbocycles. The fourth-order valence-corrected chi connectivity index (χ4v) is 5.68. The minimum absolute atomic E-state index is 0.109. The lowest BCUT2D eigenvalue weighted by Gasteiger charge is -2.13. The van der Waals surface area contributed by atoms with Crippen molar-refractivity contribution < 1.29 is 4.21 Å². The van der Waals surface area contributed by atoms with Gasteiger partial charge in [0, 0.05) is 32.4 Å². The molecule has 0 saturated heterocycles. The van der Waals surface area contributed by atoms with Gasteiger partial charge in [0.05, 0.1) is 39.0 Å². The highest BCUT2D eigenvalue weighted by Crippen LogP contribution is 2.36. The quantitative estimate of drug-likeness (QED) is 0.293. The van der Waals surface area contributed by atoms with Crippen LogP contribution in [0.2, 0.25) is 5.02 Å². The molecule has 6 nitrogen and oxygen atoms in total. The Balaban J connectivity index is 1.53. The van der Waals surface area contributed by atoms with Crippen LogP contribution in [-0.2, 0) is 16.6 Å². The summed E-state index contributed by atoms with van der Waals surface area (Å²) in [6, 6.07) is 26.6. The van der Waals surface area contributed by atoms with E-state index in [4.69, 9.17) is 16.6 Å². The lowest BCUT2D eigenvalue weighted by molar-refractivity contribution is 0.682. The summed E-state index contributed by atoms with van der Waals surface area (Å²) in [6.07, 6.45) is 1.73. The number of hydrogen-bond donors (Lipinski definition) is 2. The first-order valence-electron chi connectivity index (χ1n) is 11.3. The summed E-state index contributed by atoms with van der Waals surface area (Å²) in [5.74, 6) is 0.109. The van der Waals surface area contributed by atoms with Gasteiger partial charge in [-0.15, -0.1) is 0 Å². The second-order valence-electron chi connectivity index (χ2n) is 8.41. The largest absolute Gasteiger partial charge is 0.306 e. The molecule has 2 N–H and O–H groups in total. The molecule has 1 atom stereocenters. The predicted octanol–water partition coefficient (Wildman–Crippen LogP) is 6.09. The van der Waals surface area contributed by atoms with Crippen molar-refractivity contribution in [2.75, 3.05) is 0 Å². The maximum atomic E-state index is 12.9. The highest BCUT2D eigenvalue weighted by atomic mass is 35.5. The molecule has 0 bridgehead atoms. The van der Waals surface area contributed by atoms with Crippen LogP contribution in [0.1, 0.15) is 5.56 Å². The average molecular weight is 511 g/mol. The van der Waals surface area contributed by atoms with Gasteiger partial charge in [-0.05, 0) is 42.0 Å². The van der Waals surface area contributed by atoms with E-state index < -0.39 is 10.8 Å². The molecule has 0 spiro atoms. The van der Waals surface area contributed by atoms with Crippen LogP contribution < -0.4 is 5.56 Å². The monoisotopic (exact) mass is 510 g/mol. The molecule has 3 heterocycles. The molecular formula is C28H19ClN4O2S. The van der Waals surface area contributed by atoms with Crippen LogP contribution >= 0.6 is 11.6 Å². The number of aromatic amines is 2. The van der Waals surface area contributed by atoms with E-state index in [0.29, 0.717) is 21.1 Å². The van der Waals surface area contributed by atoms with Crippen LogP contribution in [0.25, 0.3) is 44.3 Å². The molecule has 0 radical (unpaired) electrons. The third kappa shape index (κ3) is 4.12. The van der Waals surface area contributed by atoms with E-state index in [-0.39, 0.29) is 11.3 Å². The molecule has 0 aliphatic rings. The van der Waals surface area contributed by atoms with Crippen LogP contribution in [0.4, 0.5) is 0 Å². The van der Waals surface area contributed by atoms with E-state index >= 15 is 0 Å². The Morgan fingerprint density at radius 2 is 1.61 bits per heavy atom. The number of rotatable bonds is 5. The number of hydrogen-bond acceptors (Lipinski definition) is 4. The maximum Gasteiger partial charge on any atom is 0.253 e. The average Bonchev–Trinajstić information content (AvgIpc) is 3.39. The summed E-state index contributed by atoms with van der Waals surface area (Å²) < 4.78 is 12.9. The molecule has 6 rings (SSSR count). The van der Waals surface area contributed by atoms with E-state index in [1.165, 1.54) is 0 Å². The molecule has 0 aliphatic carbocycles. The van der Waals surface area contributed by atoms with Crippen molar-refractivity contribution in [3.8, 4) is 22.4 Å². The Hall–Kier alpha value is -4.07. The van der Waals surface area contributed by atoms with Crippen LogP contribution in [-0.4, -0.2) is 24.4 Å². The fourth-order valence-electron chi connectivity index (χ4n) is 4.29. The number of nitrogens with zero attached hydrogens (tertiary/aromatic N) is 2. The molecule has 176 valence electrons. The Morgan fingerprint density at radius 1 is 0.861 bits per heavy atom. The number of fused-ring (bicyclic) bond motifs is 2. The summed E-state index contributed by atoms with van der Waals surface area (Å²) in [6.45, 7) is 0. The summed E-state index contributed by atoms with van der Waals surface area (Å²) >= 11 is 6.56. The molecule has 0 fully saturated rings. The molecule has 0 aliphatic heterocycles. The van der Waals surface area contributed by atoms with Gasteiger partial charge < -0.3 is 4.98 Å². The normalized spacial score (nSPS) is 12.2. The van der Waals surface area contributed by atoms with Crippen molar-refractivity contribution in [1.29, 1.82) is 0 Å². The first-order valence-corrected chi connectivity index (χ1v) is 13.0. The number of H-pyrrole nitrogens is 2. The van der Waals surface area contributed by atoms with E-state index in [2.05, 4.69) is 15.2 Å². The number of benzene rings is 3. The Labute approximate surface area is 213 Å². The number of nitrogens with one attached hydrogen (secondary N) is 2. The molecule has 3 aromatic carbocycles. The molecule has 0 amide bonds. The number of aromatic nitrogens is 4. The van der Waals surface area contributed by atoms with Gasteiger partial charge >= 0.3 is 0 Å². The first kappa shape index (κ1) is 22.4. The summed E-state index contributed by atoms with van der Waals surface area (Å²) in [5, 5.41) is 9.21. The zero-order valence-corrected chi connectivity index (χ0v) is 20.4. The zero-order chi connectivity index (χ0) is 24.6. The third-order valence-electron chi connectivity index (χ3n) is 6.06. The predicted molar refractivity (Wildman–Crippen MR) is 144 cm³/mol. The summed E-state index contributed by atoms with van der Waals surface area (Å²) in [4.78, 5) is 21.3. The standard InChI is InChI=1S/C28H19ClN4O2S/c29-24-14-18(11-20-15-30-33-26(20)24)23-13-19-12-21(16-36(35)22-9-5-2-6-10-22)28(34)32-27(19)31-25(23)17-7-3-1-4-8-17/h1-15H,16H2,(H,30,33)(H,31,32,34). The Morgan fingerprint density at radius 3 is 2.39 bits per heavy atom. The van der Waals surface area contributed by atoms with Gasteiger partial charge in [0.2, 0.25) is 0 Å². The van der Waals surface area contributed by atoms with Gasteiger partial charge in [0.15, 0.2) is 0 Å². The molecule has 6 aromatic rings. The summed E-state index contributed by atoms with van der Waals surface area (Å²) in [7, 11) is -1.35. The topological polar surface area (TPSA) is 91.5 Å². The highest BCUT2D eigenvalue weighted by Gasteiger charge is 2.16. The molecule has 36 heavy (non-hydrogen) atoms. The van der Waals surface area contributed by atoms with Crippen molar-refractivity contribution in [3.63, 3.8) is 0 Å². The zero-order valence-electron chi connectivity index (χ0n) is 18.9. The van der Waals surface area contributed by atoms with Crippen molar-refractivity contribution in [1.82, 2.24) is 20.2 Å². The van der Waals surface area contributed by atoms with E-state index in [1.807, 2.05) is 66.7 Å². The number of halogens is 1. The minimum Gasteiger partial charge on any atom is -0.306 e. The molecule has 8 heteroatoms. The van der Waals surface area contributed by atoms with Crippen LogP contribution in [0.15, 0.2) is 101 Å². The Kier molecular flexibility index (Phi) is 5.71. The number of pyridine rings is 2. The maximum absolute atomic E-state index is 12.9. The molecule has 1 unspecified atom stereocenters.